The Bertz CT molecular complexity index is 1370. The monoisotopic (exact) mass is 505 g/mol. The van der Waals surface area contributed by atoms with Gasteiger partial charge in [-0.2, -0.15) is 4.98 Å². The zero-order valence-electron chi connectivity index (χ0n) is 21.4. The van der Waals surface area contributed by atoms with Gasteiger partial charge in [0.25, 0.3) is 0 Å². The maximum absolute atomic E-state index is 9.95. The number of hydrogen-bond donors (Lipinski definition) is 4. The van der Waals surface area contributed by atoms with E-state index in [0.29, 0.717) is 30.8 Å². The minimum absolute atomic E-state index is 0.00169. The summed E-state index contributed by atoms with van der Waals surface area (Å²) in [6.45, 7) is 4.83. The number of benzene rings is 1. The van der Waals surface area contributed by atoms with E-state index < -0.39 is 0 Å². The SMILES string of the molecule is CCC[C@@H](CO)Nc1nc(N)nc2c3ccccc3n(Cc3cc(CN[C@H]4CCOC4)cnc3OC)c12. The Labute approximate surface area is 216 Å². The summed E-state index contributed by atoms with van der Waals surface area (Å²) in [6.07, 6.45) is 4.61. The van der Waals surface area contributed by atoms with Gasteiger partial charge in [0.15, 0.2) is 5.82 Å². The highest BCUT2D eigenvalue weighted by molar-refractivity contribution is 6.09. The molecule has 2 atom stereocenters. The summed E-state index contributed by atoms with van der Waals surface area (Å²) in [5.41, 5.74) is 10.8. The fourth-order valence-corrected chi connectivity index (χ4v) is 5.03. The third-order valence-electron chi connectivity index (χ3n) is 6.85. The molecule has 5 rings (SSSR count). The summed E-state index contributed by atoms with van der Waals surface area (Å²) in [6, 6.07) is 10.5. The number of aliphatic hydroxyl groups is 1. The molecular formula is C27H35N7O3. The number of nitrogen functional groups attached to an aromatic ring is 1. The van der Waals surface area contributed by atoms with E-state index in [9.17, 15) is 5.11 Å². The van der Waals surface area contributed by atoms with Crippen LogP contribution in [0.3, 0.4) is 0 Å². The van der Waals surface area contributed by atoms with Gasteiger partial charge in [-0.1, -0.05) is 31.5 Å². The first-order chi connectivity index (χ1) is 18.1. The van der Waals surface area contributed by atoms with Crippen molar-refractivity contribution < 1.29 is 14.6 Å². The van der Waals surface area contributed by atoms with Gasteiger partial charge < -0.3 is 35.5 Å². The van der Waals surface area contributed by atoms with Crippen LogP contribution in [-0.2, 0) is 17.8 Å². The lowest BCUT2D eigenvalue weighted by atomic mass is 10.1. The van der Waals surface area contributed by atoms with E-state index in [0.717, 1.165) is 65.5 Å². The van der Waals surface area contributed by atoms with Crippen molar-refractivity contribution >= 4 is 33.7 Å². The molecule has 10 heteroatoms. The number of hydrogen-bond acceptors (Lipinski definition) is 9. The molecule has 0 bridgehead atoms. The molecule has 1 fully saturated rings. The Hall–Kier alpha value is -3.47. The normalized spacial score (nSPS) is 16.5. The van der Waals surface area contributed by atoms with Crippen LogP contribution in [0.5, 0.6) is 5.88 Å². The number of rotatable bonds is 11. The minimum Gasteiger partial charge on any atom is -0.481 e. The van der Waals surface area contributed by atoms with Crippen molar-refractivity contribution in [3.05, 3.63) is 47.7 Å². The summed E-state index contributed by atoms with van der Waals surface area (Å²) in [4.78, 5) is 13.8. The highest BCUT2D eigenvalue weighted by Gasteiger charge is 2.21. The first-order valence-corrected chi connectivity index (χ1v) is 12.9. The second kappa shape index (κ2) is 11.3. The van der Waals surface area contributed by atoms with Crippen molar-refractivity contribution in [3.63, 3.8) is 0 Å². The molecule has 196 valence electrons. The zero-order valence-corrected chi connectivity index (χ0v) is 21.4. The molecule has 10 nitrogen and oxygen atoms in total. The lowest BCUT2D eigenvalue weighted by molar-refractivity contribution is 0.190. The number of nitrogens with zero attached hydrogens (tertiary/aromatic N) is 4. The molecule has 5 N–H and O–H groups in total. The molecule has 1 aliphatic heterocycles. The molecule has 1 aliphatic rings. The molecule has 0 aliphatic carbocycles. The van der Waals surface area contributed by atoms with Gasteiger partial charge >= 0.3 is 0 Å². The molecule has 1 saturated heterocycles. The molecule has 0 radical (unpaired) electrons. The van der Waals surface area contributed by atoms with Crippen molar-refractivity contribution in [1.29, 1.82) is 0 Å². The van der Waals surface area contributed by atoms with Gasteiger partial charge in [0.05, 0.1) is 38.4 Å². The van der Waals surface area contributed by atoms with E-state index in [1.165, 1.54) is 0 Å². The third-order valence-corrected chi connectivity index (χ3v) is 6.85. The summed E-state index contributed by atoms with van der Waals surface area (Å²) in [5, 5.41) is 17.9. The molecule has 0 spiro atoms. The van der Waals surface area contributed by atoms with Crippen LogP contribution in [0.25, 0.3) is 21.9 Å². The van der Waals surface area contributed by atoms with Gasteiger partial charge in [0.2, 0.25) is 11.8 Å². The quantitative estimate of drug-likeness (QED) is 0.243. The van der Waals surface area contributed by atoms with E-state index in [4.69, 9.17) is 15.2 Å². The maximum atomic E-state index is 9.95. The molecule has 1 aromatic carbocycles. The van der Waals surface area contributed by atoms with Crippen LogP contribution >= 0.6 is 0 Å². The minimum atomic E-state index is -0.140. The van der Waals surface area contributed by atoms with Crippen molar-refractivity contribution in [1.82, 2.24) is 24.8 Å². The Morgan fingerprint density at radius 1 is 1.30 bits per heavy atom. The van der Waals surface area contributed by atoms with Gasteiger partial charge in [-0.15, -0.1) is 0 Å². The van der Waals surface area contributed by atoms with Crippen LogP contribution in [0, 0.1) is 0 Å². The number of pyridine rings is 1. The zero-order chi connectivity index (χ0) is 25.8. The average molecular weight is 506 g/mol. The van der Waals surface area contributed by atoms with E-state index in [1.807, 2.05) is 24.4 Å². The fraction of sp³-hybridized carbons (Fsp3) is 0.444. The second-order valence-corrected chi connectivity index (χ2v) is 9.50. The number of fused-ring (bicyclic) bond motifs is 3. The van der Waals surface area contributed by atoms with Crippen molar-refractivity contribution in [2.75, 3.05) is 38.0 Å². The van der Waals surface area contributed by atoms with Crippen LogP contribution < -0.4 is 21.1 Å². The van der Waals surface area contributed by atoms with Crippen molar-refractivity contribution in [2.24, 2.45) is 0 Å². The molecule has 3 aromatic heterocycles. The molecule has 4 aromatic rings. The van der Waals surface area contributed by atoms with E-state index >= 15 is 0 Å². The number of aliphatic hydroxyl groups excluding tert-OH is 1. The highest BCUT2D eigenvalue weighted by Crippen LogP contribution is 2.34. The van der Waals surface area contributed by atoms with E-state index in [2.05, 4.69) is 49.2 Å². The first kappa shape index (κ1) is 25.2. The fourth-order valence-electron chi connectivity index (χ4n) is 5.03. The average Bonchev–Trinajstić information content (AvgIpc) is 3.54. The number of para-hydroxylation sites is 1. The van der Waals surface area contributed by atoms with Gasteiger partial charge in [-0.25, -0.2) is 9.97 Å². The van der Waals surface area contributed by atoms with Gasteiger partial charge in [-0.3, -0.25) is 0 Å². The molecule has 0 amide bonds. The van der Waals surface area contributed by atoms with Crippen LogP contribution in [0.1, 0.15) is 37.3 Å². The van der Waals surface area contributed by atoms with Crippen molar-refractivity contribution in [2.45, 2.75) is 51.4 Å². The number of nitrogens with one attached hydrogen (secondary N) is 2. The number of aromatic nitrogens is 4. The topological polar surface area (TPSA) is 132 Å². The number of nitrogens with two attached hydrogens (primary N) is 1. The molecule has 0 saturated carbocycles. The summed E-state index contributed by atoms with van der Waals surface area (Å²) in [5.74, 6) is 1.37. The number of methoxy groups -OCH3 is 1. The lowest BCUT2D eigenvalue weighted by Gasteiger charge is -2.19. The van der Waals surface area contributed by atoms with Crippen molar-refractivity contribution in [3.8, 4) is 5.88 Å². The van der Waals surface area contributed by atoms with Gasteiger partial charge in [0, 0.05) is 36.3 Å². The Kier molecular flexibility index (Phi) is 7.68. The van der Waals surface area contributed by atoms with Crippen LogP contribution in [0.15, 0.2) is 36.5 Å². The first-order valence-electron chi connectivity index (χ1n) is 12.9. The predicted molar refractivity (Wildman–Crippen MR) is 145 cm³/mol. The summed E-state index contributed by atoms with van der Waals surface area (Å²) < 4.78 is 13.3. The predicted octanol–water partition coefficient (Wildman–Crippen LogP) is 3.07. The Morgan fingerprint density at radius 2 is 2.16 bits per heavy atom. The highest BCUT2D eigenvalue weighted by atomic mass is 16.5. The molecule has 0 unspecified atom stereocenters. The maximum Gasteiger partial charge on any atom is 0.222 e. The van der Waals surface area contributed by atoms with Gasteiger partial charge in [-0.05, 0) is 30.5 Å². The van der Waals surface area contributed by atoms with Crippen LogP contribution in [0.2, 0.25) is 0 Å². The van der Waals surface area contributed by atoms with E-state index in [1.54, 1.807) is 7.11 Å². The van der Waals surface area contributed by atoms with Gasteiger partial charge in [0.1, 0.15) is 11.0 Å². The smallest absolute Gasteiger partial charge is 0.222 e. The van der Waals surface area contributed by atoms with Crippen LogP contribution in [-0.4, -0.2) is 63.6 Å². The second-order valence-electron chi connectivity index (χ2n) is 9.50. The number of anilines is 2. The summed E-state index contributed by atoms with van der Waals surface area (Å²) >= 11 is 0. The molecule has 37 heavy (non-hydrogen) atoms. The Balaban J connectivity index is 1.58. The number of ether oxygens (including phenoxy) is 2. The Morgan fingerprint density at radius 3 is 2.92 bits per heavy atom. The lowest BCUT2D eigenvalue weighted by Crippen LogP contribution is -2.28. The third kappa shape index (κ3) is 5.31. The summed E-state index contributed by atoms with van der Waals surface area (Å²) in [7, 11) is 1.64. The molecule has 4 heterocycles. The molecular weight excluding hydrogens is 470 g/mol. The standard InChI is InChI=1S/C27H35N7O3/c1-3-6-19(15-35)31-25-24-23(32-27(28)33-25)21-7-4-5-8-22(21)34(24)14-18-11-17(13-30-26(18)36-2)12-29-20-9-10-37-16-20/h4-5,7-8,11,13,19-20,29,35H,3,6,9-10,12,14-16H2,1-2H3,(H3,28,31,32,33)/t19-,20-/m0/s1. The van der Waals surface area contributed by atoms with E-state index in [-0.39, 0.29) is 18.6 Å². The largest absolute Gasteiger partial charge is 0.481 e. The van der Waals surface area contributed by atoms with Crippen LogP contribution in [0.4, 0.5) is 11.8 Å².